The number of thiocarbonyl (C=S) groups is 1. The quantitative estimate of drug-likeness (QED) is 0.471. The Kier molecular flexibility index (Phi) is 7.69. The van der Waals surface area contributed by atoms with Crippen LogP contribution in [-0.2, 0) is 5.75 Å². The van der Waals surface area contributed by atoms with Crippen molar-refractivity contribution in [2.45, 2.75) is 19.6 Å². The zero-order valence-corrected chi connectivity index (χ0v) is 16.8. The van der Waals surface area contributed by atoms with Crippen molar-refractivity contribution in [1.29, 1.82) is 0 Å². The molecule has 0 bridgehead atoms. The van der Waals surface area contributed by atoms with E-state index in [-0.39, 0.29) is 0 Å². The van der Waals surface area contributed by atoms with E-state index in [1.165, 1.54) is 11.1 Å². The van der Waals surface area contributed by atoms with Crippen LogP contribution in [0.2, 0.25) is 10.0 Å². The van der Waals surface area contributed by atoms with Crippen molar-refractivity contribution in [2.24, 2.45) is 0 Å². The molecule has 0 saturated carbocycles. The number of halogens is 2. The molecule has 0 aliphatic heterocycles. The van der Waals surface area contributed by atoms with Crippen LogP contribution in [-0.4, -0.2) is 17.4 Å². The van der Waals surface area contributed by atoms with Crippen molar-refractivity contribution < 1.29 is 0 Å². The molecule has 0 aliphatic carbocycles. The number of anilines is 1. The first-order valence-electron chi connectivity index (χ1n) is 7.59. The fourth-order valence-electron chi connectivity index (χ4n) is 2.09. The summed E-state index contributed by atoms with van der Waals surface area (Å²) in [4.78, 5) is 0. The SMILES string of the molecule is Cc1ccc(C)c(NC(=S)NCCSCc2ccc(Cl)cc2Cl)c1. The topological polar surface area (TPSA) is 24.1 Å². The highest BCUT2D eigenvalue weighted by molar-refractivity contribution is 7.98. The van der Waals surface area contributed by atoms with Gasteiger partial charge in [-0.1, -0.05) is 41.4 Å². The molecule has 0 heterocycles. The predicted octanol–water partition coefficient (Wildman–Crippen LogP) is 5.83. The third-order valence-electron chi connectivity index (χ3n) is 3.45. The molecule has 0 spiro atoms. The maximum Gasteiger partial charge on any atom is 0.170 e. The lowest BCUT2D eigenvalue weighted by Crippen LogP contribution is -2.30. The summed E-state index contributed by atoms with van der Waals surface area (Å²) in [5.41, 5.74) is 4.54. The second kappa shape index (κ2) is 9.52. The predicted molar refractivity (Wildman–Crippen MR) is 113 cm³/mol. The zero-order chi connectivity index (χ0) is 17.5. The van der Waals surface area contributed by atoms with Gasteiger partial charge in [-0.3, -0.25) is 0 Å². The molecule has 2 N–H and O–H groups in total. The Balaban J connectivity index is 1.70. The first kappa shape index (κ1) is 19.4. The third kappa shape index (κ3) is 6.17. The zero-order valence-electron chi connectivity index (χ0n) is 13.7. The highest BCUT2D eigenvalue weighted by atomic mass is 35.5. The maximum absolute atomic E-state index is 6.17. The van der Waals surface area contributed by atoms with Crippen molar-refractivity contribution in [2.75, 3.05) is 17.6 Å². The van der Waals surface area contributed by atoms with Crippen molar-refractivity contribution >= 4 is 58.0 Å². The minimum Gasteiger partial charge on any atom is -0.362 e. The molecule has 2 aromatic carbocycles. The minimum atomic E-state index is 0.647. The van der Waals surface area contributed by atoms with Crippen LogP contribution in [0.25, 0.3) is 0 Å². The van der Waals surface area contributed by atoms with Crippen LogP contribution < -0.4 is 10.6 Å². The highest BCUT2D eigenvalue weighted by Crippen LogP contribution is 2.24. The van der Waals surface area contributed by atoms with Crippen molar-refractivity contribution in [3.63, 3.8) is 0 Å². The molecular weight excluding hydrogens is 379 g/mol. The Morgan fingerprint density at radius 1 is 1.12 bits per heavy atom. The largest absolute Gasteiger partial charge is 0.362 e. The molecule has 0 fully saturated rings. The number of aryl methyl sites for hydroxylation is 2. The third-order valence-corrected chi connectivity index (χ3v) is 5.29. The van der Waals surface area contributed by atoms with Gasteiger partial charge in [0.05, 0.1) is 0 Å². The molecule has 2 nitrogen and oxygen atoms in total. The smallest absolute Gasteiger partial charge is 0.170 e. The van der Waals surface area contributed by atoms with E-state index in [4.69, 9.17) is 35.4 Å². The Morgan fingerprint density at radius 2 is 1.92 bits per heavy atom. The summed E-state index contributed by atoms with van der Waals surface area (Å²) in [6.07, 6.45) is 0. The lowest BCUT2D eigenvalue weighted by Gasteiger charge is -2.13. The molecule has 0 unspecified atom stereocenters. The molecule has 0 aliphatic rings. The van der Waals surface area contributed by atoms with Gasteiger partial charge in [-0.2, -0.15) is 11.8 Å². The molecule has 128 valence electrons. The number of hydrogen-bond donors (Lipinski definition) is 2. The molecule has 2 rings (SSSR count). The highest BCUT2D eigenvalue weighted by Gasteiger charge is 2.03. The van der Waals surface area contributed by atoms with Crippen LogP contribution >= 0.6 is 47.2 Å². The van der Waals surface area contributed by atoms with Crippen molar-refractivity contribution in [3.05, 3.63) is 63.1 Å². The fraction of sp³-hybridized carbons (Fsp3) is 0.278. The van der Waals surface area contributed by atoms with Gasteiger partial charge < -0.3 is 10.6 Å². The number of benzene rings is 2. The monoisotopic (exact) mass is 398 g/mol. The van der Waals surface area contributed by atoms with Gasteiger partial charge in [0.1, 0.15) is 0 Å². The van der Waals surface area contributed by atoms with Gasteiger partial charge in [-0.05, 0) is 61.0 Å². The summed E-state index contributed by atoms with van der Waals surface area (Å²) in [6, 6.07) is 11.9. The van der Waals surface area contributed by atoms with Crippen LogP contribution in [0.3, 0.4) is 0 Å². The summed E-state index contributed by atoms with van der Waals surface area (Å²) in [7, 11) is 0. The Labute approximate surface area is 163 Å². The molecule has 6 heteroatoms. The van der Waals surface area contributed by atoms with Gasteiger partial charge in [-0.15, -0.1) is 0 Å². The summed E-state index contributed by atoms with van der Waals surface area (Å²) in [5.74, 6) is 1.79. The number of hydrogen-bond acceptors (Lipinski definition) is 2. The summed E-state index contributed by atoms with van der Waals surface area (Å²) < 4.78 is 0. The molecule has 2 aromatic rings. The Hall–Kier alpha value is -0.940. The van der Waals surface area contributed by atoms with Gasteiger partial charge in [0.2, 0.25) is 0 Å². The first-order chi connectivity index (χ1) is 11.5. The molecule has 0 atom stereocenters. The first-order valence-corrected chi connectivity index (χ1v) is 9.91. The van der Waals surface area contributed by atoms with Crippen LogP contribution in [0.4, 0.5) is 5.69 Å². The van der Waals surface area contributed by atoms with E-state index >= 15 is 0 Å². The normalized spacial score (nSPS) is 10.5. The molecule has 0 aromatic heterocycles. The molecule has 24 heavy (non-hydrogen) atoms. The van der Waals surface area contributed by atoms with E-state index < -0.39 is 0 Å². The van der Waals surface area contributed by atoms with E-state index in [1.54, 1.807) is 17.8 Å². The van der Waals surface area contributed by atoms with Gasteiger partial charge in [0.15, 0.2) is 5.11 Å². The van der Waals surface area contributed by atoms with E-state index in [0.717, 1.165) is 34.3 Å². The van der Waals surface area contributed by atoms with Gasteiger partial charge in [0, 0.05) is 33.8 Å². The summed E-state index contributed by atoms with van der Waals surface area (Å²) in [6.45, 7) is 4.93. The lowest BCUT2D eigenvalue weighted by molar-refractivity contribution is 0.989. The van der Waals surface area contributed by atoms with E-state index in [1.807, 2.05) is 12.1 Å². The van der Waals surface area contributed by atoms with Crippen molar-refractivity contribution in [1.82, 2.24) is 5.32 Å². The van der Waals surface area contributed by atoms with Crippen LogP contribution in [0.1, 0.15) is 16.7 Å². The standard InChI is InChI=1S/C18H20Cl2N2S2/c1-12-3-4-13(2)17(9-12)22-18(23)21-7-8-24-11-14-5-6-15(19)10-16(14)20/h3-6,9-10H,7-8,11H2,1-2H3,(H2,21,22,23). The molecular formula is C18H20Cl2N2S2. The van der Waals surface area contributed by atoms with Gasteiger partial charge >= 0.3 is 0 Å². The summed E-state index contributed by atoms with van der Waals surface area (Å²) >= 11 is 19.2. The van der Waals surface area contributed by atoms with E-state index in [9.17, 15) is 0 Å². The average Bonchev–Trinajstić information content (AvgIpc) is 2.52. The van der Waals surface area contributed by atoms with Crippen LogP contribution in [0.15, 0.2) is 36.4 Å². The molecule has 0 amide bonds. The van der Waals surface area contributed by atoms with Crippen LogP contribution in [0, 0.1) is 13.8 Å². The Morgan fingerprint density at radius 3 is 2.67 bits per heavy atom. The maximum atomic E-state index is 6.17. The second-order valence-electron chi connectivity index (χ2n) is 5.49. The number of rotatable bonds is 6. The van der Waals surface area contributed by atoms with Gasteiger partial charge in [0.25, 0.3) is 0 Å². The van der Waals surface area contributed by atoms with Gasteiger partial charge in [-0.25, -0.2) is 0 Å². The molecule has 0 radical (unpaired) electrons. The minimum absolute atomic E-state index is 0.647. The summed E-state index contributed by atoms with van der Waals surface area (Å²) in [5, 5.41) is 8.51. The lowest BCUT2D eigenvalue weighted by atomic mass is 10.1. The average molecular weight is 399 g/mol. The second-order valence-corrected chi connectivity index (χ2v) is 7.84. The fourth-order valence-corrected chi connectivity index (χ4v) is 3.72. The molecule has 0 saturated heterocycles. The van der Waals surface area contributed by atoms with E-state index in [0.29, 0.717) is 10.1 Å². The van der Waals surface area contributed by atoms with Crippen LogP contribution in [0.5, 0.6) is 0 Å². The number of nitrogens with one attached hydrogen (secondary N) is 2. The van der Waals surface area contributed by atoms with E-state index in [2.05, 4.69) is 42.7 Å². The van der Waals surface area contributed by atoms with Crippen molar-refractivity contribution in [3.8, 4) is 0 Å². The Bertz CT molecular complexity index is 720. The number of thioether (sulfide) groups is 1.